The lowest BCUT2D eigenvalue weighted by Crippen LogP contribution is -2.30. The van der Waals surface area contributed by atoms with Gasteiger partial charge in [0, 0.05) is 0 Å². The van der Waals surface area contributed by atoms with E-state index in [2.05, 4.69) is 0 Å². The molecule has 2 amide bonds. The zero-order valence-electron chi connectivity index (χ0n) is 16.5. The molecular weight excluding hydrogens is 402 g/mol. The molecular formula is C23H21NO5S. The number of imide groups is 1. The van der Waals surface area contributed by atoms with Crippen LogP contribution in [0.15, 0.2) is 74.8 Å². The maximum atomic E-state index is 13.2. The summed E-state index contributed by atoms with van der Waals surface area (Å²) in [6, 6.07) is 14.4. The summed E-state index contributed by atoms with van der Waals surface area (Å²) in [4.78, 5) is 28.0. The number of hydrogen-bond donors (Lipinski definition) is 0. The van der Waals surface area contributed by atoms with Crippen LogP contribution in [-0.4, -0.2) is 23.3 Å². The zero-order chi connectivity index (χ0) is 20.9. The van der Waals surface area contributed by atoms with E-state index in [0.717, 1.165) is 17.9 Å². The first-order valence-electron chi connectivity index (χ1n) is 9.68. The molecule has 7 heteroatoms. The van der Waals surface area contributed by atoms with E-state index in [9.17, 15) is 9.59 Å². The number of nitrogens with zero attached hydrogens (tertiary/aromatic N) is 1. The Labute approximate surface area is 178 Å². The quantitative estimate of drug-likeness (QED) is 0.457. The van der Waals surface area contributed by atoms with Gasteiger partial charge in [-0.05, 0) is 48.4 Å². The zero-order valence-corrected chi connectivity index (χ0v) is 17.3. The van der Waals surface area contributed by atoms with Crippen molar-refractivity contribution in [1.82, 2.24) is 4.90 Å². The summed E-state index contributed by atoms with van der Waals surface area (Å²) >= 11 is 1.30. The lowest BCUT2D eigenvalue weighted by molar-refractivity contribution is -0.137. The molecule has 0 radical (unpaired) electrons. The molecule has 2 aromatic heterocycles. The number of rotatable bonds is 9. The third kappa shape index (κ3) is 4.21. The molecule has 0 fully saturated rings. The summed E-state index contributed by atoms with van der Waals surface area (Å²) in [5.41, 5.74) is 1.08. The maximum Gasteiger partial charge on any atom is 0.268 e. The van der Waals surface area contributed by atoms with Crippen LogP contribution in [0.1, 0.15) is 30.4 Å². The van der Waals surface area contributed by atoms with E-state index < -0.39 is 0 Å². The predicted molar refractivity (Wildman–Crippen MR) is 113 cm³/mol. The number of furan rings is 2. The Balaban J connectivity index is 1.63. The summed E-state index contributed by atoms with van der Waals surface area (Å²) in [7, 11) is 0. The van der Waals surface area contributed by atoms with E-state index in [1.54, 1.807) is 24.5 Å². The summed E-state index contributed by atoms with van der Waals surface area (Å²) in [6.07, 6.45) is 4.02. The summed E-state index contributed by atoms with van der Waals surface area (Å²) in [5, 5.41) is 0. The van der Waals surface area contributed by atoms with Crippen molar-refractivity contribution in [2.45, 2.75) is 25.6 Å². The molecule has 30 heavy (non-hydrogen) atoms. The first-order chi connectivity index (χ1) is 14.7. The second-order valence-corrected chi connectivity index (χ2v) is 7.71. The van der Waals surface area contributed by atoms with Crippen molar-refractivity contribution in [3.63, 3.8) is 0 Å². The smallest absolute Gasteiger partial charge is 0.268 e. The number of carbonyl (C=O) groups is 2. The topological polar surface area (TPSA) is 72.9 Å². The number of thioether (sulfide) groups is 1. The monoisotopic (exact) mass is 423 g/mol. The highest BCUT2D eigenvalue weighted by Crippen LogP contribution is 2.38. The van der Waals surface area contributed by atoms with E-state index in [1.165, 1.54) is 22.9 Å². The third-order valence-corrected chi connectivity index (χ3v) is 5.67. The second kappa shape index (κ2) is 9.09. The van der Waals surface area contributed by atoms with Crippen molar-refractivity contribution in [3.8, 4) is 5.75 Å². The van der Waals surface area contributed by atoms with Gasteiger partial charge in [0.2, 0.25) is 0 Å². The number of amides is 2. The number of carbonyl (C=O) groups excluding carboxylic acids is 2. The summed E-state index contributed by atoms with van der Waals surface area (Å²) in [5.74, 6) is 1.82. The normalized spacial score (nSPS) is 14.1. The van der Waals surface area contributed by atoms with Gasteiger partial charge in [-0.15, -0.1) is 11.8 Å². The summed E-state index contributed by atoms with van der Waals surface area (Å²) in [6.45, 7) is 2.76. The lowest BCUT2D eigenvalue weighted by Gasteiger charge is -2.13. The average molecular weight is 423 g/mol. The first-order valence-corrected chi connectivity index (χ1v) is 10.7. The van der Waals surface area contributed by atoms with Crippen LogP contribution >= 0.6 is 11.8 Å². The molecule has 1 aliphatic heterocycles. The largest absolute Gasteiger partial charge is 0.494 e. The van der Waals surface area contributed by atoms with Crippen LogP contribution in [0.25, 0.3) is 5.57 Å². The molecule has 3 heterocycles. The molecule has 0 aliphatic carbocycles. The van der Waals surface area contributed by atoms with Crippen molar-refractivity contribution in [1.29, 1.82) is 0 Å². The van der Waals surface area contributed by atoms with Gasteiger partial charge in [-0.2, -0.15) is 0 Å². The Morgan fingerprint density at radius 3 is 2.27 bits per heavy atom. The van der Waals surface area contributed by atoms with Crippen LogP contribution in [0.2, 0.25) is 0 Å². The standard InChI is InChI=1S/C23H21NO5S/c1-2-11-27-17-9-7-16(8-10-17)20-21(30-15-19-6-4-13-29-19)23(26)24(22(20)25)14-18-5-3-12-28-18/h3-10,12-13H,2,11,14-15H2,1H3. The van der Waals surface area contributed by atoms with E-state index in [1.807, 2.05) is 37.3 Å². The Hall–Kier alpha value is -3.19. The molecule has 6 nitrogen and oxygen atoms in total. The molecule has 1 aliphatic rings. The van der Waals surface area contributed by atoms with Gasteiger partial charge in [0.25, 0.3) is 11.8 Å². The molecule has 4 rings (SSSR count). The van der Waals surface area contributed by atoms with Crippen molar-refractivity contribution in [2.24, 2.45) is 0 Å². The van der Waals surface area contributed by atoms with Gasteiger partial charge >= 0.3 is 0 Å². The van der Waals surface area contributed by atoms with Crippen LogP contribution in [0.4, 0.5) is 0 Å². The van der Waals surface area contributed by atoms with Crippen LogP contribution in [0.3, 0.4) is 0 Å². The van der Waals surface area contributed by atoms with Gasteiger partial charge < -0.3 is 13.6 Å². The minimum absolute atomic E-state index is 0.0939. The summed E-state index contributed by atoms with van der Waals surface area (Å²) < 4.78 is 16.3. The first kappa shape index (κ1) is 20.1. The van der Waals surface area contributed by atoms with Crippen molar-refractivity contribution < 1.29 is 23.2 Å². The Bertz CT molecular complexity index is 1040. The Morgan fingerprint density at radius 1 is 0.933 bits per heavy atom. The van der Waals surface area contributed by atoms with Crippen LogP contribution in [0, 0.1) is 0 Å². The molecule has 3 aromatic rings. The van der Waals surface area contributed by atoms with E-state index >= 15 is 0 Å². The van der Waals surface area contributed by atoms with Gasteiger partial charge in [0.1, 0.15) is 17.3 Å². The highest BCUT2D eigenvalue weighted by Gasteiger charge is 2.39. The highest BCUT2D eigenvalue weighted by atomic mass is 32.2. The molecule has 0 unspecified atom stereocenters. The van der Waals surface area contributed by atoms with E-state index in [4.69, 9.17) is 13.6 Å². The minimum Gasteiger partial charge on any atom is -0.494 e. The molecule has 154 valence electrons. The molecule has 0 atom stereocenters. The fraction of sp³-hybridized carbons (Fsp3) is 0.217. The molecule has 0 spiro atoms. The van der Waals surface area contributed by atoms with Crippen LogP contribution in [-0.2, 0) is 21.9 Å². The fourth-order valence-electron chi connectivity index (χ4n) is 3.12. The van der Waals surface area contributed by atoms with Gasteiger partial charge in [0.15, 0.2) is 0 Å². The average Bonchev–Trinajstić information content (AvgIpc) is 3.50. The number of benzene rings is 1. The lowest BCUT2D eigenvalue weighted by atomic mass is 10.1. The molecule has 0 bridgehead atoms. The van der Waals surface area contributed by atoms with Gasteiger partial charge in [-0.3, -0.25) is 14.5 Å². The Kier molecular flexibility index (Phi) is 6.09. The van der Waals surface area contributed by atoms with Crippen molar-refractivity contribution >= 4 is 29.1 Å². The van der Waals surface area contributed by atoms with Gasteiger partial charge in [0.05, 0.1) is 41.9 Å². The maximum absolute atomic E-state index is 13.2. The molecule has 1 aromatic carbocycles. The van der Waals surface area contributed by atoms with Crippen molar-refractivity contribution in [2.75, 3.05) is 6.61 Å². The van der Waals surface area contributed by atoms with Crippen LogP contribution < -0.4 is 4.74 Å². The number of hydrogen-bond acceptors (Lipinski definition) is 6. The SMILES string of the molecule is CCCOc1ccc(C2=C(SCc3ccco3)C(=O)N(Cc3ccco3)C2=O)cc1. The third-order valence-electron chi connectivity index (χ3n) is 4.57. The Morgan fingerprint density at radius 2 is 1.63 bits per heavy atom. The molecule has 0 N–H and O–H groups in total. The minimum atomic E-state index is -0.333. The van der Waals surface area contributed by atoms with Gasteiger partial charge in [-0.25, -0.2) is 0 Å². The van der Waals surface area contributed by atoms with E-state index in [-0.39, 0.29) is 18.4 Å². The fourth-order valence-corrected chi connectivity index (χ4v) is 4.15. The van der Waals surface area contributed by atoms with Crippen LogP contribution in [0.5, 0.6) is 5.75 Å². The van der Waals surface area contributed by atoms with E-state index in [0.29, 0.717) is 34.2 Å². The number of ether oxygens (including phenoxy) is 1. The van der Waals surface area contributed by atoms with Crippen molar-refractivity contribution in [3.05, 3.63) is 83.0 Å². The second-order valence-electron chi connectivity index (χ2n) is 6.72. The molecule has 0 saturated carbocycles. The predicted octanol–water partition coefficient (Wildman–Crippen LogP) is 4.87. The van der Waals surface area contributed by atoms with Gasteiger partial charge in [-0.1, -0.05) is 19.1 Å². The molecule has 0 saturated heterocycles. The highest BCUT2D eigenvalue weighted by molar-refractivity contribution is 8.03.